The Balaban J connectivity index is 1.97. The number of rotatable bonds is 1. The van der Waals surface area contributed by atoms with Gasteiger partial charge in [0.15, 0.2) is 0 Å². The predicted octanol–water partition coefficient (Wildman–Crippen LogP) is 1.74. The third kappa shape index (κ3) is 4.16. The molecule has 1 aliphatic rings. The molecule has 1 aliphatic heterocycles. The van der Waals surface area contributed by atoms with Gasteiger partial charge in [0.1, 0.15) is 5.82 Å². The zero-order valence-corrected chi connectivity index (χ0v) is 14.3. The SMILES string of the molecule is C[C@@H]1CN(C(=O)C(=O)Nc2nc(C(C)(C)C)ns2)CCS1. The van der Waals surface area contributed by atoms with Gasteiger partial charge < -0.3 is 4.90 Å². The Labute approximate surface area is 132 Å². The highest BCUT2D eigenvalue weighted by molar-refractivity contribution is 7.99. The summed E-state index contributed by atoms with van der Waals surface area (Å²) in [6.45, 7) is 9.28. The number of hydrogen-bond acceptors (Lipinski definition) is 6. The smallest absolute Gasteiger partial charge is 0.315 e. The molecule has 1 N–H and O–H groups in total. The van der Waals surface area contributed by atoms with Crippen molar-refractivity contribution in [3.8, 4) is 0 Å². The molecule has 1 saturated heterocycles. The summed E-state index contributed by atoms with van der Waals surface area (Å²) in [6.07, 6.45) is 0. The van der Waals surface area contributed by atoms with Gasteiger partial charge in [-0.25, -0.2) is 4.98 Å². The van der Waals surface area contributed by atoms with E-state index in [9.17, 15) is 9.59 Å². The van der Waals surface area contributed by atoms with Crippen molar-refractivity contribution >= 4 is 40.2 Å². The summed E-state index contributed by atoms with van der Waals surface area (Å²) in [5, 5.41) is 3.29. The quantitative estimate of drug-likeness (QED) is 0.795. The number of carbonyl (C=O) groups is 2. The molecule has 1 atom stereocenters. The summed E-state index contributed by atoms with van der Waals surface area (Å²) in [6, 6.07) is 0. The number of amides is 2. The van der Waals surface area contributed by atoms with E-state index in [2.05, 4.69) is 21.6 Å². The lowest BCUT2D eigenvalue weighted by Gasteiger charge is -2.29. The van der Waals surface area contributed by atoms with Gasteiger partial charge in [-0.15, -0.1) is 0 Å². The average molecular weight is 328 g/mol. The van der Waals surface area contributed by atoms with Crippen LogP contribution in [0.1, 0.15) is 33.5 Å². The van der Waals surface area contributed by atoms with Crippen molar-refractivity contribution in [3.05, 3.63) is 5.82 Å². The number of hydrogen-bond donors (Lipinski definition) is 1. The Morgan fingerprint density at radius 2 is 2.10 bits per heavy atom. The number of thioether (sulfide) groups is 1. The van der Waals surface area contributed by atoms with Crippen LogP contribution in [0.4, 0.5) is 5.13 Å². The zero-order valence-electron chi connectivity index (χ0n) is 12.7. The van der Waals surface area contributed by atoms with E-state index in [0.717, 1.165) is 17.3 Å². The second-order valence-corrected chi connectivity index (χ2v) is 8.36. The third-order valence-electron chi connectivity index (χ3n) is 3.04. The third-order valence-corrected chi connectivity index (χ3v) is 4.81. The fraction of sp³-hybridized carbons (Fsp3) is 0.692. The predicted molar refractivity (Wildman–Crippen MR) is 85.7 cm³/mol. The Morgan fingerprint density at radius 3 is 2.67 bits per heavy atom. The molecule has 1 fully saturated rings. The van der Waals surface area contributed by atoms with Gasteiger partial charge in [0.25, 0.3) is 0 Å². The van der Waals surface area contributed by atoms with Gasteiger partial charge in [-0.05, 0) is 0 Å². The topological polar surface area (TPSA) is 75.2 Å². The highest BCUT2D eigenvalue weighted by atomic mass is 32.2. The van der Waals surface area contributed by atoms with E-state index in [1.165, 1.54) is 0 Å². The van der Waals surface area contributed by atoms with Gasteiger partial charge in [0.2, 0.25) is 5.13 Å². The van der Waals surface area contributed by atoms with Crippen LogP contribution in [-0.2, 0) is 15.0 Å². The summed E-state index contributed by atoms with van der Waals surface area (Å²) in [5.41, 5.74) is -0.178. The standard InChI is InChI=1S/C13H20N4O2S2/c1-8-7-17(5-6-20-8)10(19)9(18)14-12-15-11(16-21-12)13(2,3)4/h8H,5-7H2,1-4H3,(H,14,15,16,18)/t8-/m1/s1. The van der Waals surface area contributed by atoms with Gasteiger partial charge in [-0.3, -0.25) is 14.9 Å². The molecule has 0 bridgehead atoms. The minimum absolute atomic E-state index is 0.178. The van der Waals surface area contributed by atoms with Crippen LogP contribution in [0.5, 0.6) is 0 Å². The number of carbonyl (C=O) groups excluding carboxylic acids is 2. The number of anilines is 1. The van der Waals surface area contributed by atoms with Crippen LogP contribution < -0.4 is 5.32 Å². The molecule has 1 aromatic heterocycles. The largest absolute Gasteiger partial charge is 0.333 e. The van der Waals surface area contributed by atoms with E-state index in [1.54, 1.807) is 4.90 Å². The van der Waals surface area contributed by atoms with Crippen molar-refractivity contribution in [1.29, 1.82) is 0 Å². The van der Waals surface area contributed by atoms with E-state index in [-0.39, 0.29) is 5.41 Å². The van der Waals surface area contributed by atoms with Crippen molar-refractivity contribution in [2.24, 2.45) is 0 Å². The fourth-order valence-electron chi connectivity index (χ4n) is 1.88. The van der Waals surface area contributed by atoms with Crippen LogP contribution in [0.25, 0.3) is 0 Å². The van der Waals surface area contributed by atoms with Crippen LogP contribution in [0, 0.1) is 0 Å². The van der Waals surface area contributed by atoms with Gasteiger partial charge in [-0.2, -0.15) is 16.1 Å². The lowest BCUT2D eigenvalue weighted by atomic mass is 9.96. The molecule has 1 aromatic rings. The number of nitrogens with zero attached hydrogens (tertiary/aromatic N) is 3. The second-order valence-electron chi connectivity index (χ2n) is 6.06. The van der Waals surface area contributed by atoms with Crippen LogP contribution >= 0.6 is 23.3 Å². The molecule has 6 nitrogen and oxygen atoms in total. The molecular formula is C13H20N4O2S2. The lowest BCUT2D eigenvalue weighted by Crippen LogP contribution is -2.46. The maximum Gasteiger partial charge on any atom is 0.315 e. The van der Waals surface area contributed by atoms with Crippen LogP contribution in [0.2, 0.25) is 0 Å². The molecule has 0 saturated carbocycles. The van der Waals surface area contributed by atoms with Crippen molar-refractivity contribution in [2.75, 3.05) is 24.2 Å². The molecule has 116 valence electrons. The van der Waals surface area contributed by atoms with E-state index < -0.39 is 11.8 Å². The maximum atomic E-state index is 12.1. The zero-order chi connectivity index (χ0) is 15.6. The monoisotopic (exact) mass is 328 g/mol. The minimum Gasteiger partial charge on any atom is -0.333 e. The molecular weight excluding hydrogens is 308 g/mol. The Hall–Kier alpha value is -1.15. The molecule has 21 heavy (non-hydrogen) atoms. The molecule has 8 heteroatoms. The van der Waals surface area contributed by atoms with E-state index >= 15 is 0 Å². The summed E-state index contributed by atoms with van der Waals surface area (Å²) < 4.78 is 4.21. The molecule has 0 radical (unpaired) electrons. The fourth-order valence-corrected chi connectivity index (χ4v) is 3.64. The van der Waals surface area contributed by atoms with Crippen molar-refractivity contribution < 1.29 is 9.59 Å². The Kier molecular flexibility index (Phi) is 4.88. The molecule has 0 aromatic carbocycles. The highest BCUT2D eigenvalue weighted by Gasteiger charge is 2.27. The van der Waals surface area contributed by atoms with E-state index in [4.69, 9.17) is 0 Å². The normalized spacial score (nSPS) is 19.4. The van der Waals surface area contributed by atoms with Crippen molar-refractivity contribution in [3.63, 3.8) is 0 Å². The van der Waals surface area contributed by atoms with Gasteiger partial charge in [0, 0.05) is 41.0 Å². The Bertz CT molecular complexity index is 539. The Morgan fingerprint density at radius 1 is 1.38 bits per heavy atom. The first-order chi connectivity index (χ1) is 9.77. The first-order valence-corrected chi connectivity index (χ1v) is 8.65. The molecule has 2 amide bonds. The molecule has 2 rings (SSSR count). The van der Waals surface area contributed by atoms with E-state index in [1.807, 2.05) is 32.5 Å². The molecule has 0 unspecified atom stereocenters. The summed E-state index contributed by atoms with van der Waals surface area (Å²) in [4.78, 5) is 30.0. The highest BCUT2D eigenvalue weighted by Crippen LogP contribution is 2.23. The van der Waals surface area contributed by atoms with E-state index in [0.29, 0.717) is 29.3 Å². The first kappa shape index (κ1) is 16.2. The van der Waals surface area contributed by atoms with Crippen LogP contribution in [-0.4, -0.2) is 50.2 Å². The summed E-state index contributed by atoms with van der Waals surface area (Å²) in [5.74, 6) is 0.409. The minimum atomic E-state index is -0.634. The van der Waals surface area contributed by atoms with Gasteiger partial charge in [0.05, 0.1) is 0 Å². The van der Waals surface area contributed by atoms with Crippen LogP contribution in [0.15, 0.2) is 0 Å². The van der Waals surface area contributed by atoms with Crippen molar-refractivity contribution in [1.82, 2.24) is 14.3 Å². The number of aromatic nitrogens is 2. The van der Waals surface area contributed by atoms with Crippen LogP contribution in [0.3, 0.4) is 0 Å². The maximum absolute atomic E-state index is 12.1. The van der Waals surface area contributed by atoms with Crippen molar-refractivity contribution in [2.45, 2.75) is 38.4 Å². The molecule has 2 heterocycles. The van der Waals surface area contributed by atoms with Gasteiger partial charge >= 0.3 is 11.8 Å². The van der Waals surface area contributed by atoms with Gasteiger partial charge in [-0.1, -0.05) is 27.7 Å². The lowest BCUT2D eigenvalue weighted by molar-refractivity contribution is -0.143. The molecule has 0 spiro atoms. The first-order valence-electron chi connectivity index (χ1n) is 6.83. The second kappa shape index (κ2) is 6.31. The summed E-state index contributed by atoms with van der Waals surface area (Å²) >= 11 is 2.92. The summed E-state index contributed by atoms with van der Waals surface area (Å²) in [7, 11) is 0. The molecule has 0 aliphatic carbocycles. The number of nitrogens with one attached hydrogen (secondary N) is 1. The average Bonchev–Trinajstić information content (AvgIpc) is 2.86.